The molecule has 1 N–H and O–H groups in total. The van der Waals surface area contributed by atoms with E-state index in [0.29, 0.717) is 23.0 Å². The Morgan fingerprint density at radius 2 is 2.08 bits per heavy atom. The first kappa shape index (κ1) is 16.3. The maximum Gasteiger partial charge on any atom is 0.354 e. The van der Waals surface area contributed by atoms with Gasteiger partial charge in [0.05, 0.1) is 18.5 Å². The van der Waals surface area contributed by atoms with Gasteiger partial charge in [-0.05, 0) is 31.9 Å². The number of carbonyl (C=O) groups excluding carboxylic acids is 1. The normalized spacial score (nSPS) is 13.8. The Morgan fingerprint density at radius 3 is 2.77 bits per heavy atom. The summed E-state index contributed by atoms with van der Waals surface area (Å²) in [7, 11) is 3.10. The van der Waals surface area contributed by atoms with Crippen molar-refractivity contribution in [3.05, 3.63) is 46.1 Å². The molecular formula is C18H19N5O3. The average molecular weight is 353 g/mol. The standard InChI is InChI=1S/C18H19N5O3/c1-10-13-6-7-15(24)23(12-4-5-12)16(13)21-18(19-10)20-11-8-14(17(25)26-3)22(2)9-11/h6-9,12H,4-5H2,1-3H3,(H,19,20,21). The fourth-order valence-electron chi connectivity index (χ4n) is 3.10. The van der Waals surface area contributed by atoms with Crippen LogP contribution >= 0.6 is 0 Å². The summed E-state index contributed by atoms with van der Waals surface area (Å²) in [6, 6.07) is 5.24. The Labute approximate surface area is 149 Å². The molecule has 0 aromatic carbocycles. The van der Waals surface area contributed by atoms with Crippen LogP contribution in [0.1, 0.15) is 35.1 Å². The van der Waals surface area contributed by atoms with Crippen molar-refractivity contribution >= 4 is 28.6 Å². The molecule has 1 saturated carbocycles. The van der Waals surface area contributed by atoms with E-state index >= 15 is 0 Å². The molecule has 3 aromatic heterocycles. The van der Waals surface area contributed by atoms with E-state index in [4.69, 9.17) is 4.74 Å². The lowest BCUT2D eigenvalue weighted by Crippen LogP contribution is -2.19. The van der Waals surface area contributed by atoms with Crippen molar-refractivity contribution in [3.8, 4) is 0 Å². The Morgan fingerprint density at radius 1 is 1.31 bits per heavy atom. The van der Waals surface area contributed by atoms with Gasteiger partial charge in [0.15, 0.2) is 0 Å². The van der Waals surface area contributed by atoms with Crippen LogP contribution in [0.5, 0.6) is 0 Å². The van der Waals surface area contributed by atoms with Gasteiger partial charge in [-0.2, -0.15) is 4.98 Å². The Balaban J connectivity index is 1.77. The highest BCUT2D eigenvalue weighted by atomic mass is 16.5. The smallest absolute Gasteiger partial charge is 0.354 e. The van der Waals surface area contributed by atoms with Crippen LogP contribution in [0.3, 0.4) is 0 Å². The predicted molar refractivity (Wildman–Crippen MR) is 96.8 cm³/mol. The summed E-state index contributed by atoms with van der Waals surface area (Å²) < 4.78 is 8.18. The van der Waals surface area contributed by atoms with Crippen molar-refractivity contribution in [2.75, 3.05) is 12.4 Å². The van der Waals surface area contributed by atoms with Gasteiger partial charge in [-0.25, -0.2) is 9.78 Å². The Hall–Kier alpha value is -3.16. The third kappa shape index (κ3) is 2.73. The minimum atomic E-state index is -0.418. The van der Waals surface area contributed by atoms with Gasteiger partial charge in [0.2, 0.25) is 5.95 Å². The van der Waals surface area contributed by atoms with E-state index < -0.39 is 5.97 Å². The number of aromatic nitrogens is 4. The van der Waals surface area contributed by atoms with Gasteiger partial charge in [0.1, 0.15) is 11.3 Å². The number of hydrogen-bond donors (Lipinski definition) is 1. The first-order chi connectivity index (χ1) is 12.5. The molecule has 1 aliphatic carbocycles. The van der Waals surface area contributed by atoms with Crippen molar-refractivity contribution < 1.29 is 9.53 Å². The molecule has 8 nitrogen and oxygen atoms in total. The second kappa shape index (κ2) is 5.98. The topological polar surface area (TPSA) is 91.0 Å². The molecule has 3 aromatic rings. The summed E-state index contributed by atoms with van der Waals surface area (Å²) >= 11 is 0. The number of hydrogen-bond acceptors (Lipinski definition) is 6. The molecule has 0 radical (unpaired) electrons. The number of fused-ring (bicyclic) bond motifs is 1. The third-order valence-electron chi connectivity index (χ3n) is 4.54. The van der Waals surface area contributed by atoms with E-state index in [0.717, 1.165) is 23.9 Å². The lowest BCUT2D eigenvalue weighted by atomic mass is 10.2. The maximum atomic E-state index is 12.3. The Bertz CT molecular complexity index is 1080. The van der Waals surface area contributed by atoms with E-state index in [2.05, 4.69) is 15.3 Å². The fraction of sp³-hybridized carbons (Fsp3) is 0.333. The monoisotopic (exact) mass is 353 g/mol. The summed E-state index contributed by atoms with van der Waals surface area (Å²) in [4.78, 5) is 33.1. The first-order valence-corrected chi connectivity index (χ1v) is 8.39. The Kier molecular flexibility index (Phi) is 3.75. The molecule has 4 rings (SSSR count). The van der Waals surface area contributed by atoms with Crippen LogP contribution in [0.2, 0.25) is 0 Å². The molecule has 0 aliphatic heterocycles. The zero-order valence-electron chi connectivity index (χ0n) is 14.8. The zero-order valence-corrected chi connectivity index (χ0v) is 14.8. The first-order valence-electron chi connectivity index (χ1n) is 8.39. The van der Waals surface area contributed by atoms with Gasteiger partial charge >= 0.3 is 5.97 Å². The number of pyridine rings is 1. The lowest BCUT2D eigenvalue weighted by Gasteiger charge is -2.11. The van der Waals surface area contributed by atoms with E-state index in [1.165, 1.54) is 7.11 Å². The van der Waals surface area contributed by atoms with Crippen molar-refractivity contribution in [1.82, 2.24) is 19.1 Å². The molecule has 0 amide bonds. The van der Waals surface area contributed by atoms with Gasteiger partial charge in [-0.1, -0.05) is 0 Å². The number of carbonyl (C=O) groups is 1. The number of nitrogens with zero attached hydrogens (tertiary/aromatic N) is 4. The van der Waals surface area contributed by atoms with Crippen LogP contribution in [-0.4, -0.2) is 32.2 Å². The lowest BCUT2D eigenvalue weighted by molar-refractivity contribution is 0.0590. The van der Waals surface area contributed by atoms with Crippen molar-refractivity contribution in [2.45, 2.75) is 25.8 Å². The van der Waals surface area contributed by atoms with E-state index in [1.54, 1.807) is 40.6 Å². The number of methoxy groups -OCH3 is 1. The minimum absolute atomic E-state index is 0.0447. The SMILES string of the molecule is COC(=O)c1cc(Nc2nc(C)c3ccc(=O)n(C4CC4)c3n2)cn1C. The summed E-state index contributed by atoms with van der Waals surface area (Å²) in [5, 5.41) is 3.98. The maximum absolute atomic E-state index is 12.3. The van der Waals surface area contributed by atoms with Gasteiger partial charge in [-0.15, -0.1) is 0 Å². The van der Waals surface area contributed by atoms with Gasteiger partial charge in [-0.3, -0.25) is 9.36 Å². The molecule has 26 heavy (non-hydrogen) atoms. The molecule has 0 unspecified atom stereocenters. The number of nitrogens with one attached hydrogen (secondary N) is 1. The molecule has 8 heteroatoms. The summed E-state index contributed by atoms with van der Waals surface area (Å²) in [6.45, 7) is 1.89. The van der Waals surface area contributed by atoms with Crippen LogP contribution in [0.15, 0.2) is 29.2 Å². The largest absolute Gasteiger partial charge is 0.464 e. The summed E-state index contributed by atoms with van der Waals surface area (Å²) in [5.41, 5.74) is 2.47. The number of rotatable bonds is 4. The van der Waals surface area contributed by atoms with Gasteiger partial charge < -0.3 is 14.6 Å². The molecule has 0 spiro atoms. The molecule has 0 atom stereocenters. The van der Waals surface area contributed by atoms with Crippen LogP contribution in [0, 0.1) is 6.92 Å². The highest BCUT2D eigenvalue weighted by molar-refractivity contribution is 5.89. The zero-order chi connectivity index (χ0) is 18.4. The number of esters is 1. The number of anilines is 2. The van der Waals surface area contributed by atoms with Crippen LogP contribution in [-0.2, 0) is 11.8 Å². The molecule has 3 heterocycles. The second-order valence-electron chi connectivity index (χ2n) is 6.48. The van der Waals surface area contributed by atoms with Crippen LogP contribution in [0.25, 0.3) is 11.0 Å². The highest BCUT2D eigenvalue weighted by Crippen LogP contribution is 2.35. The highest BCUT2D eigenvalue weighted by Gasteiger charge is 2.27. The molecule has 1 aliphatic rings. The van der Waals surface area contributed by atoms with E-state index in [1.807, 2.05) is 6.92 Å². The molecule has 0 saturated heterocycles. The molecular weight excluding hydrogens is 334 g/mol. The third-order valence-corrected chi connectivity index (χ3v) is 4.54. The number of ether oxygens (including phenoxy) is 1. The van der Waals surface area contributed by atoms with Crippen molar-refractivity contribution in [2.24, 2.45) is 7.05 Å². The predicted octanol–water partition coefficient (Wildman–Crippen LogP) is 2.30. The second-order valence-corrected chi connectivity index (χ2v) is 6.48. The van der Waals surface area contributed by atoms with Crippen molar-refractivity contribution in [1.29, 1.82) is 0 Å². The van der Waals surface area contributed by atoms with Crippen LogP contribution in [0.4, 0.5) is 11.6 Å². The molecule has 134 valence electrons. The van der Waals surface area contributed by atoms with Gasteiger partial charge in [0.25, 0.3) is 5.56 Å². The van der Waals surface area contributed by atoms with Crippen molar-refractivity contribution in [3.63, 3.8) is 0 Å². The van der Waals surface area contributed by atoms with Crippen LogP contribution < -0.4 is 10.9 Å². The van der Waals surface area contributed by atoms with E-state index in [-0.39, 0.29) is 11.6 Å². The fourth-order valence-corrected chi connectivity index (χ4v) is 3.10. The quantitative estimate of drug-likeness (QED) is 0.724. The molecule has 1 fully saturated rings. The minimum Gasteiger partial charge on any atom is -0.464 e. The van der Waals surface area contributed by atoms with E-state index in [9.17, 15) is 9.59 Å². The number of aryl methyl sites for hydroxylation is 2. The average Bonchev–Trinajstić information content (AvgIpc) is 3.36. The summed E-state index contributed by atoms with van der Waals surface area (Å²) in [5.74, 6) is -0.0317. The summed E-state index contributed by atoms with van der Waals surface area (Å²) in [6.07, 6.45) is 3.74. The van der Waals surface area contributed by atoms with Gasteiger partial charge in [0, 0.05) is 30.7 Å². The molecule has 0 bridgehead atoms.